The number of hydrogen-bond acceptors (Lipinski definition) is 1. The van der Waals surface area contributed by atoms with Crippen LogP contribution in [-0.4, -0.2) is 17.3 Å². The predicted octanol–water partition coefficient (Wildman–Crippen LogP) is 4.41. The van der Waals surface area contributed by atoms with Gasteiger partial charge in [-0.25, -0.2) is 4.39 Å². The van der Waals surface area contributed by atoms with Gasteiger partial charge in [0.05, 0.1) is 10.6 Å². The number of halogens is 3. The first-order chi connectivity index (χ1) is 8.69. The Kier molecular flexibility index (Phi) is 5.81. The molecule has 0 aliphatic rings. The van der Waals surface area contributed by atoms with Crippen LogP contribution in [0.15, 0.2) is 18.2 Å². The van der Waals surface area contributed by atoms with Crippen molar-refractivity contribution in [1.82, 2.24) is 5.32 Å². The number of amides is 1. The summed E-state index contributed by atoms with van der Waals surface area (Å²) in [7, 11) is 0. The number of carbonyl (C=O) groups is 1. The van der Waals surface area contributed by atoms with Gasteiger partial charge in [-0.3, -0.25) is 4.79 Å². The fourth-order valence-electron chi connectivity index (χ4n) is 1.71. The smallest absolute Gasteiger partial charge is 0.252 e. The Morgan fingerprint density at radius 3 is 2.63 bits per heavy atom. The molecule has 0 saturated carbocycles. The largest absolute Gasteiger partial charge is 0.351 e. The molecule has 0 saturated heterocycles. The second-order valence-electron chi connectivity index (χ2n) is 5.70. The molecule has 1 amide bonds. The molecule has 0 aromatic heterocycles. The van der Waals surface area contributed by atoms with Crippen LogP contribution in [0.5, 0.6) is 0 Å². The number of hydrogen-bond donors (Lipinski definition) is 1. The second-order valence-corrected chi connectivity index (χ2v) is 7.40. The average Bonchev–Trinajstić information content (AvgIpc) is 2.23. The van der Waals surface area contributed by atoms with Crippen LogP contribution in [0.2, 0.25) is 5.02 Å². The van der Waals surface area contributed by atoms with Gasteiger partial charge in [-0.15, -0.1) is 0 Å². The standard InChI is InChI=1S/C14H18BrClFNO/c1-14(2,3)7-9(15)8-18-13(19)11-5-4-10(17)6-12(11)16/h4-6,9H,7-8H2,1-3H3,(H,18,19). The lowest BCUT2D eigenvalue weighted by molar-refractivity contribution is 0.0952. The van der Waals surface area contributed by atoms with E-state index in [1.165, 1.54) is 12.1 Å². The van der Waals surface area contributed by atoms with Gasteiger partial charge in [0.2, 0.25) is 0 Å². The topological polar surface area (TPSA) is 29.1 Å². The number of benzene rings is 1. The van der Waals surface area contributed by atoms with Crippen molar-refractivity contribution in [3.63, 3.8) is 0 Å². The van der Waals surface area contributed by atoms with Crippen molar-refractivity contribution in [2.75, 3.05) is 6.54 Å². The third-order valence-electron chi connectivity index (χ3n) is 2.49. The molecule has 1 atom stereocenters. The summed E-state index contributed by atoms with van der Waals surface area (Å²) in [5, 5.41) is 2.91. The van der Waals surface area contributed by atoms with E-state index >= 15 is 0 Å². The van der Waals surface area contributed by atoms with Crippen LogP contribution < -0.4 is 5.32 Å². The monoisotopic (exact) mass is 349 g/mol. The molecule has 1 aromatic rings. The number of rotatable bonds is 4. The van der Waals surface area contributed by atoms with Crippen molar-refractivity contribution >= 4 is 33.4 Å². The maximum absolute atomic E-state index is 12.9. The highest BCUT2D eigenvalue weighted by Gasteiger charge is 2.18. The zero-order valence-electron chi connectivity index (χ0n) is 11.3. The first kappa shape index (κ1) is 16.4. The molecule has 1 N–H and O–H groups in total. The molecule has 0 bridgehead atoms. The fraction of sp³-hybridized carbons (Fsp3) is 0.500. The van der Waals surface area contributed by atoms with E-state index in [0.717, 1.165) is 12.5 Å². The van der Waals surface area contributed by atoms with Gasteiger partial charge in [0.1, 0.15) is 5.82 Å². The van der Waals surface area contributed by atoms with Gasteiger partial charge in [0, 0.05) is 11.4 Å². The molecule has 106 valence electrons. The summed E-state index contributed by atoms with van der Waals surface area (Å²) in [5.41, 5.74) is 0.477. The lowest BCUT2D eigenvalue weighted by Gasteiger charge is -2.22. The van der Waals surface area contributed by atoms with Crippen LogP contribution in [0.25, 0.3) is 0 Å². The van der Waals surface area contributed by atoms with Crippen LogP contribution >= 0.6 is 27.5 Å². The van der Waals surface area contributed by atoms with Crippen LogP contribution in [0.3, 0.4) is 0 Å². The Labute approximate surface area is 126 Å². The van der Waals surface area contributed by atoms with Crippen molar-refractivity contribution in [3.8, 4) is 0 Å². The summed E-state index contributed by atoms with van der Waals surface area (Å²) < 4.78 is 12.9. The Hall–Kier alpha value is -0.610. The van der Waals surface area contributed by atoms with E-state index in [2.05, 4.69) is 42.0 Å². The van der Waals surface area contributed by atoms with Gasteiger partial charge in [-0.2, -0.15) is 0 Å². The molecular formula is C14H18BrClFNO. The zero-order chi connectivity index (χ0) is 14.6. The number of carbonyl (C=O) groups excluding carboxylic acids is 1. The second kappa shape index (κ2) is 6.71. The summed E-state index contributed by atoms with van der Waals surface area (Å²) in [6.45, 7) is 6.92. The maximum atomic E-state index is 12.9. The molecule has 2 nitrogen and oxygen atoms in total. The van der Waals surface area contributed by atoms with Crippen molar-refractivity contribution in [1.29, 1.82) is 0 Å². The summed E-state index contributed by atoms with van der Waals surface area (Å²) in [4.78, 5) is 12.1. The molecule has 1 aromatic carbocycles. The van der Waals surface area contributed by atoms with E-state index in [4.69, 9.17) is 11.6 Å². The molecule has 0 heterocycles. The van der Waals surface area contributed by atoms with Gasteiger partial charge in [0.15, 0.2) is 0 Å². The highest BCUT2D eigenvalue weighted by molar-refractivity contribution is 9.09. The lowest BCUT2D eigenvalue weighted by Crippen LogP contribution is -2.31. The van der Waals surface area contributed by atoms with Crippen molar-refractivity contribution in [3.05, 3.63) is 34.6 Å². The van der Waals surface area contributed by atoms with Crippen LogP contribution in [-0.2, 0) is 0 Å². The highest BCUT2D eigenvalue weighted by atomic mass is 79.9. The minimum Gasteiger partial charge on any atom is -0.351 e. The van der Waals surface area contributed by atoms with Crippen molar-refractivity contribution in [2.45, 2.75) is 32.0 Å². The van der Waals surface area contributed by atoms with Gasteiger partial charge < -0.3 is 5.32 Å². The minimum absolute atomic E-state index is 0.124. The maximum Gasteiger partial charge on any atom is 0.252 e. The average molecular weight is 351 g/mol. The summed E-state index contributed by atoms with van der Waals surface area (Å²) >= 11 is 9.37. The molecule has 0 aliphatic heterocycles. The quantitative estimate of drug-likeness (QED) is 0.801. The van der Waals surface area contributed by atoms with Gasteiger partial charge >= 0.3 is 0 Å². The molecule has 0 spiro atoms. The Morgan fingerprint density at radius 2 is 2.11 bits per heavy atom. The summed E-state index contributed by atoms with van der Waals surface area (Å²) in [5.74, 6) is -0.740. The molecule has 19 heavy (non-hydrogen) atoms. The number of alkyl halides is 1. The third-order valence-corrected chi connectivity index (χ3v) is 3.45. The Morgan fingerprint density at radius 1 is 1.47 bits per heavy atom. The van der Waals surface area contributed by atoms with Crippen LogP contribution in [0.4, 0.5) is 4.39 Å². The van der Waals surface area contributed by atoms with Crippen molar-refractivity contribution < 1.29 is 9.18 Å². The zero-order valence-corrected chi connectivity index (χ0v) is 13.6. The van der Waals surface area contributed by atoms with Gasteiger partial charge in [-0.05, 0) is 30.0 Å². The first-order valence-corrected chi connectivity index (χ1v) is 7.36. The van der Waals surface area contributed by atoms with E-state index in [9.17, 15) is 9.18 Å². The van der Waals surface area contributed by atoms with E-state index in [0.29, 0.717) is 12.1 Å². The molecular weight excluding hydrogens is 333 g/mol. The molecule has 0 aliphatic carbocycles. The normalized spacial score (nSPS) is 13.2. The third kappa shape index (κ3) is 5.91. The van der Waals surface area contributed by atoms with Gasteiger partial charge in [-0.1, -0.05) is 48.3 Å². The predicted molar refractivity (Wildman–Crippen MR) is 80.5 cm³/mol. The van der Waals surface area contributed by atoms with E-state index in [1.807, 2.05) is 0 Å². The van der Waals surface area contributed by atoms with E-state index in [1.54, 1.807) is 0 Å². The van der Waals surface area contributed by atoms with Crippen LogP contribution in [0.1, 0.15) is 37.6 Å². The fourth-order valence-corrected chi connectivity index (χ4v) is 3.10. The SMILES string of the molecule is CC(C)(C)CC(Br)CNC(=O)c1ccc(F)cc1Cl. The molecule has 0 radical (unpaired) electrons. The molecule has 1 rings (SSSR count). The highest BCUT2D eigenvalue weighted by Crippen LogP contribution is 2.24. The van der Waals surface area contributed by atoms with Crippen molar-refractivity contribution in [2.24, 2.45) is 5.41 Å². The lowest BCUT2D eigenvalue weighted by atomic mass is 9.90. The van der Waals surface area contributed by atoms with E-state index in [-0.39, 0.29) is 21.2 Å². The van der Waals surface area contributed by atoms with Gasteiger partial charge in [0.25, 0.3) is 5.91 Å². The van der Waals surface area contributed by atoms with Crippen LogP contribution in [0, 0.1) is 11.2 Å². The minimum atomic E-state index is -0.451. The summed E-state index contributed by atoms with van der Waals surface area (Å²) in [6.07, 6.45) is 0.935. The Bertz CT molecular complexity index is 459. The number of nitrogens with one attached hydrogen (secondary N) is 1. The van der Waals surface area contributed by atoms with E-state index < -0.39 is 5.82 Å². The summed E-state index contributed by atoms with van der Waals surface area (Å²) in [6, 6.07) is 3.75. The first-order valence-electron chi connectivity index (χ1n) is 6.06. The Balaban J connectivity index is 2.56. The molecule has 5 heteroatoms. The molecule has 1 unspecified atom stereocenters. The molecule has 0 fully saturated rings.